The standard InChI is InChI=1S/C24H16O2/c25-24(26)18-7-2-1-6-15(18)14-16-12-13-22-20-9-4-3-8-19(20)21-11-5-10-17(16)23(21)22/h1-13H,14H2,(H,25,26). The zero-order chi connectivity index (χ0) is 17.7. The van der Waals surface area contributed by atoms with Gasteiger partial charge in [-0.1, -0.05) is 72.8 Å². The van der Waals surface area contributed by atoms with E-state index < -0.39 is 5.97 Å². The molecule has 0 fully saturated rings. The Morgan fingerprint density at radius 1 is 0.654 bits per heavy atom. The first-order chi connectivity index (χ1) is 12.7. The molecular weight excluding hydrogens is 320 g/mol. The van der Waals surface area contributed by atoms with Gasteiger partial charge in [0.2, 0.25) is 0 Å². The van der Waals surface area contributed by atoms with E-state index in [2.05, 4.69) is 54.6 Å². The first-order valence-corrected chi connectivity index (χ1v) is 8.69. The Morgan fingerprint density at radius 2 is 1.31 bits per heavy atom. The Labute approximate surface area is 151 Å². The van der Waals surface area contributed by atoms with Crippen molar-refractivity contribution < 1.29 is 9.90 Å². The molecular formula is C24H16O2. The molecule has 0 amide bonds. The molecule has 0 aromatic heterocycles. The van der Waals surface area contributed by atoms with E-state index in [0.717, 1.165) is 11.1 Å². The largest absolute Gasteiger partial charge is 0.478 e. The minimum Gasteiger partial charge on any atom is -0.478 e. The lowest BCUT2D eigenvalue weighted by Crippen LogP contribution is -2.03. The van der Waals surface area contributed by atoms with Gasteiger partial charge < -0.3 is 5.11 Å². The lowest BCUT2D eigenvalue weighted by atomic mass is 9.93. The number of hydrogen-bond acceptors (Lipinski definition) is 1. The minimum absolute atomic E-state index is 0.374. The summed E-state index contributed by atoms with van der Waals surface area (Å²) in [6, 6.07) is 26.5. The number of fused-ring (bicyclic) bond motifs is 3. The molecule has 2 heteroatoms. The molecule has 26 heavy (non-hydrogen) atoms. The summed E-state index contributed by atoms with van der Waals surface area (Å²) in [5.74, 6) is -0.876. The van der Waals surface area contributed by atoms with Gasteiger partial charge in [0, 0.05) is 0 Å². The van der Waals surface area contributed by atoms with Gasteiger partial charge in [-0.25, -0.2) is 4.79 Å². The molecule has 1 aliphatic carbocycles. The van der Waals surface area contributed by atoms with Crippen LogP contribution in [0.2, 0.25) is 0 Å². The highest BCUT2D eigenvalue weighted by molar-refractivity contribution is 6.16. The smallest absolute Gasteiger partial charge is 0.335 e. The van der Waals surface area contributed by atoms with Crippen molar-refractivity contribution in [2.75, 3.05) is 0 Å². The van der Waals surface area contributed by atoms with Crippen LogP contribution in [0.4, 0.5) is 0 Å². The van der Waals surface area contributed by atoms with Crippen molar-refractivity contribution in [1.29, 1.82) is 0 Å². The van der Waals surface area contributed by atoms with Crippen molar-refractivity contribution in [3.05, 3.63) is 95.6 Å². The van der Waals surface area contributed by atoms with E-state index in [-0.39, 0.29) is 0 Å². The van der Waals surface area contributed by atoms with Gasteiger partial charge in [-0.3, -0.25) is 0 Å². The van der Waals surface area contributed by atoms with Crippen LogP contribution >= 0.6 is 0 Å². The molecule has 0 spiro atoms. The number of carbonyl (C=O) groups is 1. The molecule has 0 heterocycles. The maximum atomic E-state index is 11.5. The van der Waals surface area contributed by atoms with E-state index in [1.807, 2.05) is 12.1 Å². The van der Waals surface area contributed by atoms with Gasteiger partial charge in [0.15, 0.2) is 0 Å². The molecule has 4 aromatic rings. The summed E-state index contributed by atoms with van der Waals surface area (Å²) in [5, 5.41) is 12.0. The molecule has 0 saturated heterocycles. The Hall–Kier alpha value is -3.39. The molecule has 1 N–H and O–H groups in total. The van der Waals surface area contributed by atoms with Gasteiger partial charge in [-0.05, 0) is 56.6 Å². The van der Waals surface area contributed by atoms with Crippen LogP contribution in [-0.2, 0) is 6.42 Å². The van der Waals surface area contributed by atoms with Gasteiger partial charge in [0.25, 0.3) is 0 Å². The average molecular weight is 336 g/mol. The summed E-state index contributed by atoms with van der Waals surface area (Å²) in [6.07, 6.45) is 0.610. The Balaban J connectivity index is 1.71. The fourth-order valence-corrected chi connectivity index (χ4v) is 4.11. The summed E-state index contributed by atoms with van der Waals surface area (Å²) >= 11 is 0. The summed E-state index contributed by atoms with van der Waals surface area (Å²) in [7, 11) is 0. The van der Waals surface area contributed by atoms with Gasteiger partial charge in [-0.15, -0.1) is 0 Å². The third-order valence-corrected chi connectivity index (χ3v) is 5.27. The van der Waals surface area contributed by atoms with Crippen LogP contribution in [-0.4, -0.2) is 11.1 Å². The number of aromatic carboxylic acids is 1. The lowest BCUT2D eigenvalue weighted by molar-refractivity contribution is 0.0696. The highest BCUT2D eigenvalue weighted by Crippen LogP contribution is 2.47. The zero-order valence-corrected chi connectivity index (χ0v) is 14.1. The Bertz CT molecular complexity index is 1160. The van der Waals surface area contributed by atoms with Crippen LogP contribution in [0, 0.1) is 0 Å². The van der Waals surface area contributed by atoms with E-state index in [4.69, 9.17) is 0 Å². The third kappa shape index (κ3) is 2.09. The summed E-state index contributed by atoms with van der Waals surface area (Å²) < 4.78 is 0. The van der Waals surface area contributed by atoms with Crippen LogP contribution in [0.1, 0.15) is 21.5 Å². The maximum absolute atomic E-state index is 11.5. The van der Waals surface area contributed by atoms with Crippen molar-refractivity contribution >= 4 is 16.7 Å². The zero-order valence-electron chi connectivity index (χ0n) is 14.1. The molecule has 4 aromatic carbocycles. The number of carboxylic acid groups (broad SMARTS) is 1. The first kappa shape index (κ1) is 14.9. The number of carboxylic acids is 1. The SMILES string of the molecule is O=C(O)c1ccccc1Cc1ccc2c3c(cccc13)-c1ccccc1-2. The second-order valence-corrected chi connectivity index (χ2v) is 6.69. The van der Waals surface area contributed by atoms with Gasteiger partial charge in [0.1, 0.15) is 0 Å². The fourth-order valence-electron chi connectivity index (χ4n) is 4.11. The molecule has 0 bridgehead atoms. The normalized spacial score (nSPS) is 11.5. The van der Waals surface area contributed by atoms with Crippen LogP contribution in [0.5, 0.6) is 0 Å². The predicted molar refractivity (Wildman–Crippen MR) is 105 cm³/mol. The number of hydrogen-bond donors (Lipinski definition) is 1. The predicted octanol–water partition coefficient (Wildman–Crippen LogP) is 5.78. The molecule has 2 nitrogen and oxygen atoms in total. The molecule has 5 rings (SSSR count). The quantitative estimate of drug-likeness (QED) is 0.454. The molecule has 1 aliphatic rings. The van der Waals surface area contributed by atoms with Crippen LogP contribution in [0.25, 0.3) is 33.0 Å². The second-order valence-electron chi connectivity index (χ2n) is 6.69. The first-order valence-electron chi connectivity index (χ1n) is 8.69. The van der Waals surface area contributed by atoms with E-state index in [0.29, 0.717) is 12.0 Å². The molecule has 0 atom stereocenters. The molecule has 0 aliphatic heterocycles. The van der Waals surface area contributed by atoms with Gasteiger partial charge in [0.05, 0.1) is 5.56 Å². The second kappa shape index (κ2) is 5.57. The third-order valence-electron chi connectivity index (χ3n) is 5.27. The molecule has 0 saturated carbocycles. The summed E-state index contributed by atoms with van der Waals surface area (Å²) in [5.41, 5.74) is 7.46. The maximum Gasteiger partial charge on any atom is 0.335 e. The Morgan fingerprint density at radius 3 is 2.08 bits per heavy atom. The highest BCUT2D eigenvalue weighted by atomic mass is 16.4. The average Bonchev–Trinajstić information content (AvgIpc) is 3.00. The Kier molecular flexibility index (Phi) is 3.19. The lowest BCUT2D eigenvalue weighted by Gasteiger charge is -2.11. The van der Waals surface area contributed by atoms with E-state index in [1.54, 1.807) is 12.1 Å². The molecule has 0 radical (unpaired) electrons. The highest BCUT2D eigenvalue weighted by Gasteiger charge is 2.22. The monoisotopic (exact) mass is 336 g/mol. The molecule has 124 valence electrons. The van der Waals surface area contributed by atoms with Crippen molar-refractivity contribution in [2.45, 2.75) is 6.42 Å². The van der Waals surface area contributed by atoms with E-state index in [9.17, 15) is 9.90 Å². The van der Waals surface area contributed by atoms with Crippen LogP contribution in [0.3, 0.4) is 0 Å². The summed E-state index contributed by atoms with van der Waals surface area (Å²) in [6.45, 7) is 0. The summed E-state index contributed by atoms with van der Waals surface area (Å²) in [4.78, 5) is 11.5. The van der Waals surface area contributed by atoms with E-state index in [1.165, 1.54) is 33.0 Å². The molecule has 0 unspecified atom stereocenters. The van der Waals surface area contributed by atoms with Gasteiger partial charge >= 0.3 is 5.97 Å². The van der Waals surface area contributed by atoms with Crippen LogP contribution in [0.15, 0.2) is 78.9 Å². The number of rotatable bonds is 3. The number of benzene rings is 4. The fraction of sp³-hybridized carbons (Fsp3) is 0.0417. The minimum atomic E-state index is -0.876. The van der Waals surface area contributed by atoms with Crippen molar-refractivity contribution in [3.63, 3.8) is 0 Å². The van der Waals surface area contributed by atoms with E-state index >= 15 is 0 Å². The van der Waals surface area contributed by atoms with Crippen molar-refractivity contribution in [3.8, 4) is 22.3 Å². The van der Waals surface area contributed by atoms with Crippen LogP contribution < -0.4 is 0 Å². The van der Waals surface area contributed by atoms with Crippen molar-refractivity contribution in [2.24, 2.45) is 0 Å². The van der Waals surface area contributed by atoms with Crippen molar-refractivity contribution in [1.82, 2.24) is 0 Å². The van der Waals surface area contributed by atoms with Gasteiger partial charge in [-0.2, -0.15) is 0 Å². The topological polar surface area (TPSA) is 37.3 Å².